The van der Waals surface area contributed by atoms with Crippen LogP contribution in [-0.2, 0) is 14.3 Å². The van der Waals surface area contributed by atoms with Gasteiger partial charge in [-0.2, -0.15) is 0 Å². The summed E-state index contributed by atoms with van der Waals surface area (Å²) < 4.78 is 9.81. The summed E-state index contributed by atoms with van der Waals surface area (Å²) >= 11 is 0. The molecule has 0 aliphatic heterocycles. The van der Waals surface area contributed by atoms with Crippen molar-refractivity contribution >= 4 is 5.91 Å². The van der Waals surface area contributed by atoms with Crippen molar-refractivity contribution in [2.75, 3.05) is 27.3 Å². The number of hydrogen-bond acceptors (Lipinski definition) is 4. The lowest BCUT2D eigenvalue weighted by molar-refractivity contribution is -0.118. The van der Waals surface area contributed by atoms with Crippen LogP contribution in [0, 0.1) is 0 Å². The van der Waals surface area contributed by atoms with Crippen molar-refractivity contribution in [1.82, 2.24) is 5.32 Å². The zero-order valence-corrected chi connectivity index (χ0v) is 7.50. The van der Waals surface area contributed by atoms with E-state index in [1.165, 1.54) is 0 Å². The molecule has 0 aromatic rings. The fourth-order valence-corrected chi connectivity index (χ4v) is 0.694. The van der Waals surface area contributed by atoms with Crippen molar-refractivity contribution in [3.05, 3.63) is 0 Å². The van der Waals surface area contributed by atoms with Crippen molar-refractivity contribution in [1.29, 1.82) is 0 Å². The lowest BCUT2D eigenvalue weighted by Crippen LogP contribution is -2.31. The standard InChI is InChI=1S/C7H16N2O3/c1-11-7(12-2)5-9-4-3-6(8)10/h7,9H,3-5H2,1-2H3,(H2,8,10). The molecule has 5 heteroatoms. The summed E-state index contributed by atoms with van der Waals surface area (Å²) in [5.41, 5.74) is 4.93. The first-order valence-electron chi connectivity index (χ1n) is 3.75. The Labute approximate surface area is 72.2 Å². The molecule has 0 atom stereocenters. The largest absolute Gasteiger partial charge is 0.370 e. The maximum absolute atomic E-state index is 10.3. The number of methoxy groups -OCH3 is 2. The van der Waals surface area contributed by atoms with Crippen LogP contribution in [0.5, 0.6) is 0 Å². The maximum Gasteiger partial charge on any atom is 0.218 e. The Morgan fingerprint density at radius 2 is 2.08 bits per heavy atom. The van der Waals surface area contributed by atoms with Crippen LogP contribution < -0.4 is 11.1 Å². The van der Waals surface area contributed by atoms with Crippen molar-refractivity contribution in [2.24, 2.45) is 5.73 Å². The fourth-order valence-electron chi connectivity index (χ4n) is 0.694. The van der Waals surface area contributed by atoms with Gasteiger partial charge >= 0.3 is 0 Å². The van der Waals surface area contributed by atoms with Gasteiger partial charge in [0.25, 0.3) is 0 Å². The molecule has 3 N–H and O–H groups in total. The van der Waals surface area contributed by atoms with Crippen LogP contribution in [0.3, 0.4) is 0 Å². The molecule has 0 aromatic carbocycles. The number of hydrogen-bond donors (Lipinski definition) is 2. The van der Waals surface area contributed by atoms with Crippen LogP contribution in [0.15, 0.2) is 0 Å². The average molecular weight is 176 g/mol. The van der Waals surface area contributed by atoms with Gasteiger partial charge in [0.15, 0.2) is 6.29 Å². The number of primary amides is 1. The third kappa shape index (κ3) is 6.09. The molecule has 0 aliphatic carbocycles. The summed E-state index contributed by atoms with van der Waals surface area (Å²) in [5, 5.41) is 2.97. The van der Waals surface area contributed by atoms with Gasteiger partial charge in [0.05, 0.1) is 0 Å². The van der Waals surface area contributed by atoms with Gasteiger partial charge in [-0.3, -0.25) is 4.79 Å². The predicted octanol–water partition coefficient (Wildman–Crippen LogP) is -0.930. The highest BCUT2D eigenvalue weighted by Crippen LogP contribution is 1.87. The Hall–Kier alpha value is -0.650. The highest BCUT2D eigenvalue weighted by molar-refractivity contribution is 5.73. The van der Waals surface area contributed by atoms with Gasteiger partial charge in [-0.1, -0.05) is 0 Å². The Morgan fingerprint density at radius 1 is 1.50 bits per heavy atom. The van der Waals surface area contributed by atoms with E-state index >= 15 is 0 Å². The third-order valence-electron chi connectivity index (χ3n) is 1.38. The van der Waals surface area contributed by atoms with Gasteiger partial charge in [-0.25, -0.2) is 0 Å². The third-order valence-corrected chi connectivity index (χ3v) is 1.38. The Morgan fingerprint density at radius 3 is 2.50 bits per heavy atom. The first-order chi connectivity index (χ1) is 5.70. The fraction of sp³-hybridized carbons (Fsp3) is 0.857. The number of carbonyl (C=O) groups excluding carboxylic acids is 1. The van der Waals surface area contributed by atoms with E-state index in [2.05, 4.69) is 5.32 Å². The van der Waals surface area contributed by atoms with Crippen LogP contribution in [0.1, 0.15) is 6.42 Å². The van der Waals surface area contributed by atoms with Crippen LogP contribution in [0.4, 0.5) is 0 Å². The normalized spacial score (nSPS) is 10.6. The molecule has 12 heavy (non-hydrogen) atoms. The molecule has 0 spiro atoms. The highest BCUT2D eigenvalue weighted by Gasteiger charge is 2.03. The molecule has 0 bridgehead atoms. The van der Waals surface area contributed by atoms with Crippen molar-refractivity contribution in [2.45, 2.75) is 12.7 Å². The van der Waals surface area contributed by atoms with Crippen molar-refractivity contribution in [3.63, 3.8) is 0 Å². The minimum atomic E-state index is -0.311. The summed E-state index contributed by atoms with van der Waals surface area (Å²) in [6.07, 6.45) is 0.0676. The lowest BCUT2D eigenvalue weighted by atomic mass is 10.4. The first-order valence-corrected chi connectivity index (χ1v) is 3.75. The van der Waals surface area contributed by atoms with E-state index in [1.807, 2.05) is 0 Å². The number of nitrogens with two attached hydrogens (primary N) is 1. The molecule has 72 valence electrons. The van der Waals surface area contributed by atoms with E-state index in [0.717, 1.165) is 0 Å². The molecule has 1 amide bonds. The summed E-state index contributed by atoms with van der Waals surface area (Å²) in [6, 6.07) is 0. The molecular formula is C7H16N2O3. The van der Waals surface area contributed by atoms with E-state index in [-0.39, 0.29) is 12.2 Å². The van der Waals surface area contributed by atoms with E-state index in [4.69, 9.17) is 15.2 Å². The molecule has 0 unspecified atom stereocenters. The monoisotopic (exact) mass is 176 g/mol. The van der Waals surface area contributed by atoms with Gasteiger partial charge in [0.2, 0.25) is 5.91 Å². The van der Waals surface area contributed by atoms with Crippen molar-refractivity contribution in [3.8, 4) is 0 Å². The Kier molecular flexibility index (Phi) is 6.64. The maximum atomic E-state index is 10.3. The van der Waals surface area contributed by atoms with Crippen molar-refractivity contribution < 1.29 is 14.3 Å². The summed E-state index contributed by atoms with van der Waals surface area (Å²) in [7, 11) is 3.12. The van der Waals surface area contributed by atoms with Gasteiger partial charge in [0, 0.05) is 33.7 Å². The zero-order valence-electron chi connectivity index (χ0n) is 7.50. The molecular weight excluding hydrogens is 160 g/mol. The zero-order chi connectivity index (χ0) is 9.40. The molecule has 0 aromatic heterocycles. The average Bonchev–Trinajstić information content (AvgIpc) is 2.04. The summed E-state index contributed by atoms with van der Waals surface area (Å²) in [4.78, 5) is 10.3. The van der Waals surface area contributed by atoms with Gasteiger partial charge in [-0.05, 0) is 0 Å². The van der Waals surface area contributed by atoms with Gasteiger partial charge < -0.3 is 20.5 Å². The highest BCUT2D eigenvalue weighted by atomic mass is 16.7. The number of amides is 1. The van der Waals surface area contributed by atoms with Gasteiger partial charge in [0.1, 0.15) is 0 Å². The predicted molar refractivity (Wildman–Crippen MR) is 44.5 cm³/mol. The summed E-state index contributed by atoms with van der Waals surface area (Å²) in [5.74, 6) is -0.311. The topological polar surface area (TPSA) is 73.6 Å². The Bertz CT molecular complexity index is 126. The number of ether oxygens (including phenoxy) is 2. The molecule has 0 aliphatic rings. The summed E-state index contributed by atoms with van der Waals surface area (Å²) in [6.45, 7) is 1.11. The molecule has 0 saturated heterocycles. The quantitative estimate of drug-likeness (QED) is 0.388. The van der Waals surface area contributed by atoms with Crippen LogP contribution in [0.25, 0.3) is 0 Å². The van der Waals surface area contributed by atoms with Crippen LogP contribution >= 0.6 is 0 Å². The second kappa shape index (κ2) is 7.02. The minimum Gasteiger partial charge on any atom is -0.370 e. The first kappa shape index (κ1) is 11.4. The molecule has 0 saturated carbocycles. The minimum absolute atomic E-state index is 0.266. The van der Waals surface area contributed by atoms with E-state index in [0.29, 0.717) is 19.5 Å². The molecule has 5 nitrogen and oxygen atoms in total. The van der Waals surface area contributed by atoms with Gasteiger partial charge in [-0.15, -0.1) is 0 Å². The molecule has 0 radical (unpaired) electrons. The number of nitrogens with one attached hydrogen (secondary N) is 1. The van der Waals surface area contributed by atoms with Crippen LogP contribution in [-0.4, -0.2) is 39.5 Å². The van der Waals surface area contributed by atoms with E-state index in [9.17, 15) is 4.79 Å². The Balaban J connectivity index is 3.23. The number of rotatable bonds is 7. The molecule has 0 fully saturated rings. The number of carbonyl (C=O) groups is 1. The van der Waals surface area contributed by atoms with E-state index < -0.39 is 0 Å². The van der Waals surface area contributed by atoms with E-state index in [1.54, 1.807) is 14.2 Å². The lowest BCUT2D eigenvalue weighted by Gasteiger charge is -2.13. The second-order valence-electron chi connectivity index (χ2n) is 2.32. The molecule has 0 heterocycles. The smallest absolute Gasteiger partial charge is 0.218 e. The second-order valence-corrected chi connectivity index (χ2v) is 2.32. The SMILES string of the molecule is COC(CNCCC(N)=O)OC. The van der Waals surface area contributed by atoms with Crippen LogP contribution in [0.2, 0.25) is 0 Å². The molecule has 0 rings (SSSR count).